The van der Waals surface area contributed by atoms with Gasteiger partial charge in [-0.05, 0) is 56.2 Å². The first-order chi connectivity index (χ1) is 15.5. The van der Waals surface area contributed by atoms with Gasteiger partial charge in [-0.15, -0.1) is 0 Å². The Morgan fingerprint density at radius 3 is 2.72 bits per heavy atom. The summed E-state index contributed by atoms with van der Waals surface area (Å²) in [4.78, 5) is 26.1. The molecule has 1 atom stereocenters. The van der Waals surface area contributed by atoms with Crippen molar-refractivity contribution >= 4 is 17.5 Å². The second-order valence-electron chi connectivity index (χ2n) is 7.75. The maximum absolute atomic E-state index is 13.5. The van der Waals surface area contributed by atoms with Crippen molar-refractivity contribution in [2.24, 2.45) is 0 Å². The molecule has 0 saturated heterocycles. The fourth-order valence-electron chi connectivity index (χ4n) is 4.16. The van der Waals surface area contributed by atoms with E-state index < -0.39 is 5.92 Å². The number of anilines is 1. The van der Waals surface area contributed by atoms with Crippen LogP contribution >= 0.6 is 0 Å². The van der Waals surface area contributed by atoms with Crippen LogP contribution in [-0.2, 0) is 11.2 Å². The van der Waals surface area contributed by atoms with E-state index in [0.29, 0.717) is 29.5 Å². The highest BCUT2D eigenvalue weighted by Gasteiger charge is 2.36. The van der Waals surface area contributed by atoms with Gasteiger partial charge in [-0.1, -0.05) is 19.1 Å². The van der Waals surface area contributed by atoms with Crippen LogP contribution in [0.4, 0.5) is 5.82 Å². The molecular formula is C25H27N3O4. The minimum absolute atomic E-state index is 0.0723. The van der Waals surface area contributed by atoms with E-state index in [1.54, 1.807) is 22.9 Å². The highest BCUT2D eigenvalue weighted by atomic mass is 16.5. The minimum atomic E-state index is -0.621. The Bertz CT molecular complexity index is 1180. The molecule has 7 heteroatoms. The van der Waals surface area contributed by atoms with Crippen LogP contribution in [0.2, 0.25) is 0 Å². The minimum Gasteiger partial charge on any atom is -0.493 e. The Morgan fingerprint density at radius 1 is 1.19 bits per heavy atom. The number of rotatable bonds is 7. The van der Waals surface area contributed by atoms with Gasteiger partial charge in [0.25, 0.3) is 0 Å². The molecule has 1 aliphatic rings. The van der Waals surface area contributed by atoms with E-state index in [2.05, 4.69) is 23.4 Å². The first-order valence-corrected chi connectivity index (χ1v) is 10.8. The second-order valence-corrected chi connectivity index (χ2v) is 7.75. The zero-order chi connectivity index (χ0) is 22.8. The Labute approximate surface area is 187 Å². The van der Waals surface area contributed by atoms with Gasteiger partial charge in [0.1, 0.15) is 5.82 Å². The van der Waals surface area contributed by atoms with Crippen molar-refractivity contribution < 1.29 is 19.1 Å². The lowest BCUT2D eigenvalue weighted by molar-refractivity contribution is -0.116. The number of aryl methyl sites for hydroxylation is 2. The van der Waals surface area contributed by atoms with Crippen molar-refractivity contribution in [3.63, 3.8) is 0 Å². The highest BCUT2D eigenvalue weighted by Crippen LogP contribution is 2.39. The van der Waals surface area contributed by atoms with Crippen molar-refractivity contribution in [1.82, 2.24) is 9.78 Å². The van der Waals surface area contributed by atoms with Crippen molar-refractivity contribution in [2.75, 3.05) is 19.0 Å². The van der Waals surface area contributed by atoms with Gasteiger partial charge in [0.15, 0.2) is 17.3 Å². The summed E-state index contributed by atoms with van der Waals surface area (Å²) >= 11 is 0. The topological polar surface area (TPSA) is 82.5 Å². The van der Waals surface area contributed by atoms with Gasteiger partial charge in [-0.3, -0.25) is 9.59 Å². The van der Waals surface area contributed by atoms with E-state index in [-0.39, 0.29) is 18.1 Å². The molecule has 32 heavy (non-hydrogen) atoms. The average Bonchev–Trinajstić information content (AvgIpc) is 3.14. The number of nitrogens with zero attached hydrogens (tertiary/aromatic N) is 2. The van der Waals surface area contributed by atoms with Crippen LogP contribution in [0.5, 0.6) is 11.5 Å². The number of carbonyl (C=O) groups excluding carboxylic acids is 2. The standard InChI is InChI=1S/C25H27N3O4/c1-5-16-8-7-9-18(12-16)28-25-23(15(3)27-28)19(14-22(29)26-25)24(30)17-10-11-20(32-6-2)21(13-17)31-4/h7-13,19H,5-6,14H2,1-4H3,(H,26,29). The molecule has 0 saturated carbocycles. The zero-order valence-electron chi connectivity index (χ0n) is 18.8. The van der Waals surface area contributed by atoms with Gasteiger partial charge in [-0.2, -0.15) is 5.10 Å². The average molecular weight is 434 g/mol. The Morgan fingerprint density at radius 2 is 2.00 bits per heavy atom. The summed E-state index contributed by atoms with van der Waals surface area (Å²) in [5, 5.41) is 7.61. The van der Waals surface area contributed by atoms with E-state index in [9.17, 15) is 9.59 Å². The fourth-order valence-corrected chi connectivity index (χ4v) is 4.16. The Hall–Kier alpha value is -3.61. The smallest absolute Gasteiger partial charge is 0.226 e. The number of fused-ring (bicyclic) bond motifs is 1. The molecule has 4 rings (SSSR count). The van der Waals surface area contributed by atoms with Gasteiger partial charge in [-0.25, -0.2) is 4.68 Å². The first-order valence-electron chi connectivity index (χ1n) is 10.8. The van der Waals surface area contributed by atoms with E-state index in [1.807, 2.05) is 32.0 Å². The van der Waals surface area contributed by atoms with E-state index in [4.69, 9.17) is 9.47 Å². The molecule has 1 unspecified atom stereocenters. The molecular weight excluding hydrogens is 406 g/mol. The van der Waals surface area contributed by atoms with Crippen molar-refractivity contribution in [2.45, 2.75) is 39.5 Å². The summed E-state index contributed by atoms with van der Waals surface area (Å²) in [6, 6.07) is 13.1. The maximum atomic E-state index is 13.5. The quantitative estimate of drug-likeness (QED) is 0.557. The van der Waals surface area contributed by atoms with Gasteiger partial charge < -0.3 is 14.8 Å². The number of aromatic nitrogens is 2. The molecule has 1 N–H and O–H groups in total. The van der Waals surface area contributed by atoms with Crippen LogP contribution in [0.1, 0.15) is 53.4 Å². The SMILES string of the molecule is CCOc1ccc(C(=O)C2CC(=O)Nc3c2c(C)nn3-c2cccc(CC)c2)cc1OC. The lowest BCUT2D eigenvalue weighted by Gasteiger charge is -2.23. The van der Waals surface area contributed by atoms with Crippen molar-refractivity contribution in [3.05, 3.63) is 64.8 Å². The van der Waals surface area contributed by atoms with Crippen LogP contribution in [0, 0.1) is 6.92 Å². The van der Waals surface area contributed by atoms with Gasteiger partial charge in [0, 0.05) is 17.5 Å². The lowest BCUT2D eigenvalue weighted by Crippen LogP contribution is -2.28. The zero-order valence-corrected chi connectivity index (χ0v) is 18.8. The van der Waals surface area contributed by atoms with E-state index in [1.165, 1.54) is 12.7 Å². The number of ether oxygens (including phenoxy) is 2. The van der Waals surface area contributed by atoms with Crippen molar-refractivity contribution in [1.29, 1.82) is 0 Å². The Balaban J connectivity index is 1.76. The van der Waals surface area contributed by atoms with Crippen LogP contribution < -0.4 is 14.8 Å². The molecule has 1 amide bonds. The maximum Gasteiger partial charge on any atom is 0.226 e. The summed E-state index contributed by atoms with van der Waals surface area (Å²) in [7, 11) is 1.54. The third kappa shape index (κ3) is 3.86. The molecule has 0 bridgehead atoms. The molecule has 0 radical (unpaired) electrons. The third-order valence-electron chi connectivity index (χ3n) is 5.73. The monoisotopic (exact) mass is 433 g/mol. The number of amides is 1. The molecule has 0 spiro atoms. The Kier molecular flexibility index (Phi) is 5.99. The number of Topliss-reactive ketones (excluding diaryl/α,β-unsaturated/α-hetero) is 1. The lowest BCUT2D eigenvalue weighted by atomic mass is 9.85. The number of carbonyl (C=O) groups is 2. The number of nitrogens with one attached hydrogen (secondary N) is 1. The molecule has 1 aliphatic heterocycles. The highest BCUT2D eigenvalue weighted by molar-refractivity contribution is 6.08. The van der Waals surface area contributed by atoms with Crippen LogP contribution in [0.25, 0.3) is 5.69 Å². The summed E-state index contributed by atoms with van der Waals surface area (Å²) < 4.78 is 12.7. The summed E-state index contributed by atoms with van der Waals surface area (Å²) in [6.45, 7) is 6.34. The molecule has 0 aliphatic carbocycles. The molecule has 2 heterocycles. The number of hydrogen-bond acceptors (Lipinski definition) is 5. The molecule has 0 fully saturated rings. The first kappa shape index (κ1) is 21.6. The molecule has 1 aromatic heterocycles. The predicted octanol–water partition coefficient (Wildman–Crippen LogP) is 4.46. The summed E-state index contributed by atoms with van der Waals surface area (Å²) in [5.74, 6) is 0.650. The summed E-state index contributed by atoms with van der Waals surface area (Å²) in [6.07, 6.45) is 0.965. The molecule has 3 aromatic rings. The largest absolute Gasteiger partial charge is 0.493 e. The van der Waals surface area contributed by atoms with Gasteiger partial charge in [0.05, 0.1) is 31.0 Å². The molecule has 2 aromatic carbocycles. The third-order valence-corrected chi connectivity index (χ3v) is 5.73. The van der Waals surface area contributed by atoms with E-state index in [0.717, 1.165) is 23.4 Å². The number of hydrogen-bond donors (Lipinski definition) is 1. The summed E-state index contributed by atoms with van der Waals surface area (Å²) in [5.41, 5.74) is 3.96. The van der Waals surface area contributed by atoms with Crippen molar-refractivity contribution in [3.8, 4) is 17.2 Å². The number of benzene rings is 2. The molecule has 7 nitrogen and oxygen atoms in total. The predicted molar refractivity (Wildman–Crippen MR) is 122 cm³/mol. The van der Waals surface area contributed by atoms with Gasteiger partial charge >= 0.3 is 0 Å². The second kappa shape index (κ2) is 8.86. The van der Waals surface area contributed by atoms with Gasteiger partial charge in [0.2, 0.25) is 5.91 Å². The normalized spacial score (nSPS) is 15.1. The van der Waals surface area contributed by atoms with Crippen LogP contribution in [0.15, 0.2) is 42.5 Å². The van der Waals surface area contributed by atoms with Crippen LogP contribution in [0.3, 0.4) is 0 Å². The molecule has 166 valence electrons. The van der Waals surface area contributed by atoms with E-state index >= 15 is 0 Å². The number of methoxy groups -OCH3 is 1. The number of ketones is 1. The van der Waals surface area contributed by atoms with Crippen LogP contribution in [-0.4, -0.2) is 35.2 Å². The fraction of sp³-hybridized carbons (Fsp3) is 0.320.